The SMILES string of the molecule is [2H]C1C(C=O)=C2C=C3C=CC(=N3)C=c3ccc([nH]3)=CC3=NC(=CC1(C=C)N2)C=C3. The lowest BCUT2D eigenvalue weighted by Gasteiger charge is -2.23. The van der Waals surface area contributed by atoms with E-state index in [4.69, 9.17) is 1.37 Å². The molecule has 0 spiro atoms. The van der Waals surface area contributed by atoms with E-state index >= 15 is 0 Å². The van der Waals surface area contributed by atoms with Gasteiger partial charge in [-0.15, -0.1) is 6.58 Å². The number of aldehydes is 1. The van der Waals surface area contributed by atoms with Crippen LogP contribution in [0.5, 0.6) is 0 Å². The van der Waals surface area contributed by atoms with Crippen LogP contribution in [-0.2, 0) is 4.79 Å². The van der Waals surface area contributed by atoms with Crippen LogP contribution in [-0.4, -0.2) is 28.2 Å². The van der Waals surface area contributed by atoms with Crippen molar-refractivity contribution >= 4 is 29.9 Å². The van der Waals surface area contributed by atoms with E-state index in [-0.39, 0.29) is 0 Å². The highest BCUT2D eigenvalue weighted by Gasteiger charge is 2.34. The second kappa shape index (κ2) is 6.16. The summed E-state index contributed by atoms with van der Waals surface area (Å²) in [5.41, 5.74) is 3.05. The summed E-state index contributed by atoms with van der Waals surface area (Å²) in [7, 11) is 0. The molecule has 2 N–H and O–H groups in total. The average Bonchev–Trinajstić information content (AvgIpc) is 3.47. The number of aromatic nitrogens is 1. The maximum atomic E-state index is 11.8. The summed E-state index contributed by atoms with van der Waals surface area (Å²) in [6.45, 7) is 3.92. The van der Waals surface area contributed by atoms with Crippen LogP contribution in [0.25, 0.3) is 12.2 Å². The fourth-order valence-electron chi connectivity index (χ4n) is 3.56. The van der Waals surface area contributed by atoms with Crippen molar-refractivity contribution in [2.45, 2.75) is 11.9 Å². The topological polar surface area (TPSA) is 69.6 Å². The fourth-order valence-corrected chi connectivity index (χ4v) is 3.56. The van der Waals surface area contributed by atoms with Crippen molar-refractivity contribution in [2.75, 3.05) is 0 Å². The molecule has 0 aliphatic carbocycles. The van der Waals surface area contributed by atoms with Gasteiger partial charge in [0.1, 0.15) is 6.29 Å². The number of aromatic amines is 1. The Morgan fingerprint density at radius 2 is 1.71 bits per heavy atom. The number of carbonyl (C=O) groups is 1. The first-order valence-electron chi connectivity index (χ1n) is 9.56. The number of carbonyl (C=O) groups excluding carboxylic acids is 1. The van der Waals surface area contributed by atoms with Gasteiger partial charge in [0, 0.05) is 29.7 Å². The monoisotopic (exact) mass is 367 g/mol. The smallest absolute Gasteiger partial charge is 0.148 e. The van der Waals surface area contributed by atoms with Crippen molar-refractivity contribution in [1.82, 2.24) is 10.3 Å². The molecule has 136 valence electrons. The number of aliphatic imine (C=N–C) groups is 2. The van der Waals surface area contributed by atoms with E-state index in [0.29, 0.717) is 22.7 Å². The Kier molecular flexibility index (Phi) is 3.38. The van der Waals surface area contributed by atoms with Crippen LogP contribution in [0.2, 0.25) is 0 Å². The molecule has 2 atom stereocenters. The molecule has 0 amide bonds. The molecule has 0 saturated heterocycles. The number of allylic oxidation sites excluding steroid dienone is 5. The van der Waals surface area contributed by atoms with Gasteiger partial charge in [0.25, 0.3) is 0 Å². The van der Waals surface area contributed by atoms with Gasteiger partial charge in [-0.25, -0.2) is 9.98 Å². The zero-order chi connectivity index (χ0) is 20.0. The Morgan fingerprint density at radius 1 is 1.04 bits per heavy atom. The van der Waals surface area contributed by atoms with Gasteiger partial charge in [0.2, 0.25) is 0 Å². The molecule has 5 rings (SSSR count). The summed E-state index contributed by atoms with van der Waals surface area (Å²) >= 11 is 0. The fraction of sp³-hybridized carbons (Fsp3) is 0.0870. The van der Waals surface area contributed by atoms with E-state index in [1.54, 1.807) is 12.2 Å². The Hall–Kier alpha value is -3.73. The van der Waals surface area contributed by atoms with Gasteiger partial charge in [-0.3, -0.25) is 4.79 Å². The van der Waals surface area contributed by atoms with Crippen LogP contribution < -0.4 is 16.0 Å². The standard InChI is InChI=1S/C23H18N4O/c1-2-23-12-15(14-28)22(27-23)11-20-6-5-18(25-20)9-16-3-4-17(24-16)10-19-7-8-21(13-23)26-19/h2-11,13-14,24,27H,1,12H2/i12D. The van der Waals surface area contributed by atoms with Crippen molar-refractivity contribution in [1.29, 1.82) is 0 Å². The van der Waals surface area contributed by atoms with Crippen LogP contribution in [0.4, 0.5) is 0 Å². The highest BCUT2D eigenvalue weighted by Crippen LogP contribution is 2.32. The predicted molar refractivity (Wildman–Crippen MR) is 112 cm³/mol. The van der Waals surface area contributed by atoms with E-state index in [0.717, 1.165) is 28.4 Å². The average molecular weight is 367 g/mol. The molecule has 5 heterocycles. The first-order chi connectivity index (χ1) is 14.1. The van der Waals surface area contributed by atoms with Crippen molar-refractivity contribution in [3.05, 3.63) is 94.6 Å². The summed E-state index contributed by atoms with van der Waals surface area (Å²) in [4.78, 5) is 24.4. The first kappa shape index (κ1) is 15.3. The molecule has 1 aromatic rings. The van der Waals surface area contributed by atoms with Crippen LogP contribution >= 0.6 is 0 Å². The molecule has 4 aliphatic rings. The number of H-pyrrole nitrogens is 1. The maximum Gasteiger partial charge on any atom is 0.148 e. The van der Waals surface area contributed by atoms with E-state index in [1.807, 2.05) is 54.7 Å². The minimum atomic E-state index is -0.932. The van der Waals surface area contributed by atoms with Crippen LogP contribution in [0.3, 0.4) is 0 Å². The van der Waals surface area contributed by atoms with E-state index in [9.17, 15) is 4.79 Å². The van der Waals surface area contributed by atoms with Gasteiger partial charge in [-0.05, 0) is 60.7 Å². The van der Waals surface area contributed by atoms with Crippen LogP contribution in [0.15, 0.2) is 93.9 Å². The molecular formula is C23H18N4O. The zero-order valence-corrected chi connectivity index (χ0v) is 15.0. The van der Waals surface area contributed by atoms with Gasteiger partial charge in [-0.1, -0.05) is 6.08 Å². The van der Waals surface area contributed by atoms with Gasteiger partial charge in [0.05, 0.1) is 28.4 Å². The number of nitrogens with zero attached hydrogens (tertiary/aromatic N) is 2. The maximum absolute atomic E-state index is 11.8. The van der Waals surface area contributed by atoms with Crippen molar-refractivity contribution in [2.24, 2.45) is 9.98 Å². The summed E-state index contributed by atoms with van der Waals surface area (Å²) in [5.74, 6) is 0. The van der Waals surface area contributed by atoms with Gasteiger partial charge >= 0.3 is 0 Å². The highest BCUT2D eigenvalue weighted by atomic mass is 16.1. The highest BCUT2D eigenvalue weighted by molar-refractivity contribution is 6.20. The normalized spacial score (nSPS) is 27.7. The molecular weight excluding hydrogens is 348 g/mol. The molecule has 5 heteroatoms. The lowest BCUT2D eigenvalue weighted by atomic mass is 9.93. The molecule has 0 radical (unpaired) electrons. The number of rotatable bonds is 2. The number of fused-ring (bicyclic) bond motifs is 6. The third kappa shape index (κ3) is 2.87. The molecule has 8 bridgehead atoms. The largest absolute Gasteiger partial charge is 0.372 e. The third-order valence-corrected chi connectivity index (χ3v) is 4.90. The van der Waals surface area contributed by atoms with Crippen molar-refractivity contribution in [3.8, 4) is 0 Å². The van der Waals surface area contributed by atoms with Crippen LogP contribution in [0, 0.1) is 0 Å². The number of hydrogen-bond donors (Lipinski definition) is 2. The lowest BCUT2D eigenvalue weighted by Crippen LogP contribution is -2.36. The van der Waals surface area contributed by atoms with Crippen molar-refractivity contribution < 1.29 is 6.17 Å². The predicted octanol–water partition coefficient (Wildman–Crippen LogP) is 1.75. The second-order valence-corrected chi connectivity index (χ2v) is 6.93. The van der Waals surface area contributed by atoms with Crippen LogP contribution in [0.1, 0.15) is 7.77 Å². The zero-order valence-electron chi connectivity index (χ0n) is 16.0. The Morgan fingerprint density at radius 3 is 2.39 bits per heavy atom. The summed E-state index contributed by atoms with van der Waals surface area (Å²) in [6, 6.07) is 3.99. The molecule has 5 nitrogen and oxygen atoms in total. The molecule has 1 aromatic heterocycles. The van der Waals surface area contributed by atoms with Gasteiger partial charge < -0.3 is 10.3 Å². The van der Waals surface area contributed by atoms with Crippen molar-refractivity contribution in [3.63, 3.8) is 0 Å². The van der Waals surface area contributed by atoms with E-state index in [2.05, 4.69) is 26.9 Å². The second-order valence-electron chi connectivity index (χ2n) is 6.93. The molecule has 2 unspecified atom stereocenters. The Labute approximate surface area is 163 Å². The quantitative estimate of drug-likeness (QED) is 0.618. The van der Waals surface area contributed by atoms with E-state index in [1.165, 1.54) is 0 Å². The van der Waals surface area contributed by atoms with E-state index < -0.39 is 11.9 Å². The lowest BCUT2D eigenvalue weighted by molar-refractivity contribution is -0.105. The number of hydrogen-bond acceptors (Lipinski definition) is 4. The third-order valence-electron chi connectivity index (χ3n) is 4.90. The Balaban J connectivity index is 1.74. The molecule has 0 aromatic carbocycles. The summed E-state index contributed by atoms with van der Waals surface area (Å²) < 4.78 is 8.68. The summed E-state index contributed by atoms with van der Waals surface area (Å²) in [5, 5.41) is 5.19. The minimum Gasteiger partial charge on any atom is -0.372 e. The van der Waals surface area contributed by atoms with Gasteiger partial charge in [-0.2, -0.15) is 0 Å². The molecule has 0 fully saturated rings. The molecule has 4 aliphatic heterocycles. The van der Waals surface area contributed by atoms with Gasteiger partial charge in [0.15, 0.2) is 0 Å². The summed E-state index contributed by atoms with van der Waals surface area (Å²) in [6.07, 6.45) is 16.7. The molecule has 0 saturated carbocycles. The Bertz CT molecular complexity index is 1280. The molecule has 28 heavy (non-hydrogen) atoms. The first-order valence-corrected chi connectivity index (χ1v) is 8.98. The minimum absolute atomic E-state index is 0.367. The number of nitrogens with one attached hydrogen (secondary N) is 2.